The maximum atomic E-state index is 12.3. The fourth-order valence-electron chi connectivity index (χ4n) is 3.79. The van der Waals surface area contributed by atoms with E-state index in [-0.39, 0.29) is 23.7 Å². The number of piperidine rings is 2. The highest BCUT2D eigenvalue weighted by Crippen LogP contribution is 2.38. The highest BCUT2D eigenvalue weighted by molar-refractivity contribution is 5.85. The molecule has 0 aliphatic carbocycles. The molecular weight excluding hydrogens is 340 g/mol. The first-order chi connectivity index (χ1) is 11.7. The van der Waals surface area contributed by atoms with Crippen molar-refractivity contribution in [1.29, 1.82) is 0 Å². The van der Waals surface area contributed by atoms with Crippen molar-refractivity contribution in [2.24, 2.45) is 5.41 Å². The van der Waals surface area contributed by atoms with Gasteiger partial charge in [-0.05, 0) is 49.9 Å². The Morgan fingerprint density at radius 3 is 2.68 bits per heavy atom. The van der Waals surface area contributed by atoms with Gasteiger partial charge in [-0.25, -0.2) is 4.98 Å². The number of aromatic nitrogens is 4. The third-order valence-corrected chi connectivity index (χ3v) is 5.22. The lowest BCUT2D eigenvalue weighted by atomic mass is 9.73. The van der Waals surface area contributed by atoms with Crippen molar-refractivity contribution >= 4 is 18.3 Å². The molecule has 25 heavy (non-hydrogen) atoms. The third-order valence-electron chi connectivity index (χ3n) is 5.22. The molecule has 8 heteroatoms. The molecule has 2 N–H and O–H groups in total. The first kappa shape index (κ1) is 17.8. The second-order valence-corrected chi connectivity index (χ2v) is 6.84. The van der Waals surface area contributed by atoms with Crippen LogP contribution in [-0.2, 0) is 11.3 Å². The number of pyridine rings is 1. The molecule has 7 nitrogen and oxygen atoms in total. The maximum Gasteiger partial charge on any atom is 0.223 e. The average molecular weight is 363 g/mol. The Kier molecular flexibility index (Phi) is 5.34. The minimum absolute atomic E-state index is 0. The molecule has 1 spiro atoms. The van der Waals surface area contributed by atoms with Gasteiger partial charge in [0.25, 0.3) is 0 Å². The summed E-state index contributed by atoms with van der Waals surface area (Å²) in [6.45, 7) is 3.44. The van der Waals surface area contributed by atoms with Crippen molar-refractivity contribution in [3.8, 4) is 11.4 Å². The lowest BCUT2D eigenvalue weighted by Gasteiger charge is -2.45. The van der Waals surface area contributed by atoms with Crippen molar-refractivity contribution in [1.82, 2.24) is 30.4 Å². The molecule has 0 unspecified atom stereocenters. The number of halogens is 1. The Morgan fingerprint density at radius 2 is 1.92 bits per heavy atom. The van der Waals surface area contributed by atoms with Gasteiger partial charge < -0.3 is 10.2 Å². The van der Waals surface area contributed by atoms with Gasteiger partial charge in [0.15, 0.2) is 5.82 Å². The van der Waals surface area contributed by atoms with Crippen LogP contribution in [-0.4, -0.2) is 50.6 Å². The normalized spacial score (nSPS) is 19.7. The van der Waals surface area contributed by atoms with Gasteiger partial charge in [-0.2, -0.15) is 5.10 Å². The Morgan fingerprint density at radius 1 is 1.16 bits per heavy atom. The fourth-order valence-corrected chi connectivity index (χ4v) is 3.79. The Hall–Kier alpha value is -1.99. The summed E-state index contributed by atoms with van der Waals surface area (Å²) in [5, 5.41) is 10.7. The van der Waals surface area contributed by atoms with Crippen molar-refractivity contribution in [3.05, 3.63) is 30.4 Å². The molecule has 2 fully saturated rings. The van der Waals surface area contributed by atoms with Crippen LogP contribution in [0.25, 0.3) is 11.4 Å². The third kappa shape index (κ3) is 3.82. The van der Waals surface area contributed by atoms with Gasteiger partial charge in [-0.3, -0.25) is 14.9 Å². The highest BCUT2D eigenvalue weighted by Gasteiger charge is 2.39. The zero-order valence-electron chi connectivity index (χ0n) is 14.1. The average Bonchev–Trinajstić information content (AvgIpc) is 3.09. The molecule has 0 aromatic carbocycles. The lowest BCUT2D eigenvalue weighted by molar-refractivity contribution is -0.139. The molecule has 0 saturated carbocycles. The molecule has 0 atom stereocenters. The molecule has 0 radical (unpaired) electrons. The number of aromatic amines is 1. The van der Waals surface area contributed by atoms with Crippen molar-refractivity contribution < 1.29 is 4.79 Å². The summed E-state index contributed by atoms with van der Waals surface area (Å²) in [7, 11) is 0. The second-order valence-electron chi connectivity index (χ2n) is 6.84. The SMILES string of the molecule is Cl.O=C1CCC2(CCNCC2)CN1Cc1nc(-c2ccncc2)n[nH]1. The summed E-state index contributed by atoms with van der Waals surface area (Å²) < 4.78 is 0. The van der Waals surface area contributed by atoms with Gasteiger partial charge in [-0.15, -0.1) is 12.4 Å². The van der Waals surface area contributed by atoms with Gasteiger partial charge in [0, 0.05) is 30.9 Å². The number of carbonyl (C=O) groups is 1. The molecule has 4 heterocycles. The van der Waals surface area contributed by atoms with Crippen LogP contribution in [0.2, 0.25) is 0 Å². The molecular formula is C17H23ClN6O. The van der Waals surface area contributed by atoms with Gasteiger partial charge in [0.1, 0.15) is 5.82 Å². The summed E-state index contributed by atoms with van der Waals surface area (Å²) in [5.41, 5.74) is 1.21. The van der Waals surface area contributed by atoms with E-state index < -0.39 is 0 Å². The van der Waals surface area contributed by atoms with E-state index in [1.807, 2.05) is 17.0 Å². The number of hydrogen-bond acceptors (Lipinski definition) is 5. The number of carbonyl (C=O) groups excluding carboxylic acids is 1. The van der Waals surface area contributed by atoms with Gasteiger partial charge in [0.2, 0.25) is 5.91 Å². The van der Waals surface area contributed by atoms with Crippen LogP contribution in [0.3, 0.4) is 0 Å². The van der Waals surface area contributed by atoms with Crippen LogP contribution in [0, 0.1) is 5.41 Å². The van der Waals surface area contributed by atoms with Crippen molar-refractivity contribution in [2.75, 3.05) is 19.6 Å². The Labute approximate surface area is 153 Å². The van der Waals surface area contributed by atoms with Gasteiger partial charge in [-0.1, -0.05) is 0 Å². The molecule has 2 aromatic rings. The zero-order chi connectivity index (χ0) is 16.4. The summed E-state index contributed by atoms with van der Waals surface area (Å²) in [6.07, 6.45) is 7.40. The minimum Gasteiger partial charge on any atom is -0.335 e. The smallest absolute Gasteiger partial charge is 0.223 e. The Bertz CT molecular complexity index is 713. The summed E-state index contributed by atoms with van der Waals surface area (Å²) in [6, 6.07) is 3.76. The van der Waals surface area contributed by atoms with E-state index in [2.05, 4.69) is 25.5 Å². The number of likely N-dealkylation sites (tertiary alicyclic amines) is 1. The highest BCUT2D eigenvalue weighted by atomic mass is 35.5. The monoisotopic (exact) mass is 362 g/mol. The van der Waals surface area contributed by atoms with Gasteiger partial charge >= 0.3 is 0 Å². The number of nitrogens with zero attached hydrogens (tertiary/aromatic N) is 4. The Balaban J connectivity index is 0.00000182. The molecule has 2 saturated heterocycles. The standard InChI is InChI=1S/C17H22N6O.ClH/c24-15-1-4-17(5-9-19-10-6-17)12-23(15)11-14-20-16(22-21-14)13-2-7-18-8-3-13;/h2-3,7-8,19H,1,4-6,9-12H2,(H,20,21,22);1H. The lowest BCUT2D eigenvalue weighted by Crippen LogP contribution is -2.50. The molecule has 2 aliphatic heterocycles. The van der Waals surface area contributed by atoms with E-state index in [9.17, 15) is 4.79 Å². The predicted molar refractivity (Wildman–Crippen MR) is 96.0 cm³/mol. The molecule has 2 aliphatic rings. The number of amides is 1. The topological polar surface area (TPSA) is 86.8 Å². The van der Waals surface area contributed by atoms with Crippen molar-refractivity contribution in [2.45, 2.75) is 32.2 Å². The first-order valence-corrected chi connectivity index (χ1v) is 8.54. The predicted octanol–water partition coefficient (Wildman–Crippen LogP) is 1.78. The van der Waals surface area contributed by atoms with E-state index in [0.29, 0.717) is 18.8 Å². The second kappa shape index (κ2) is 7.49. The largest absolute Gasteiger partial charge is 0.335 e. The zero-order valence-corrected chi connectivity index (χ0v) is 14.9. The quantitative estimate of drug-likeness (QED) is 0.869. The van der Waals surface area contributed by atoms with Crippen LogP contribution < -0.4 is 5.32 Å². The maximum absolute atomic E-state index is 12.3. The van der Waals surface area contributed by atoms with Gasteiger partial charge in [0.05, 0.1) is 6.54 Å². The van der Waals surface area contributed by atoms with E-state index in [1.54, 1.807) is 12.4 Å². The van der Waals surface area contributed by atoms with E-state index in [0.717, 1.165) is 50.3 Å². The molecule has 2 aromatic heterocycles. The molecule has 4 rings (SSSR count). The number of H-pyrrole nitrogens is 1. The fraction of sp³-hybridized carbons (Fsp3) is 0.529. The van der Waals surface area contributed by atoms with Crippen LogP contribution >= 0.6 is 12.4 Å². The van der Waals surface area contributed by atoms with E-state index in [4.69, 9.17) is 0 Å². The molecule has 0 bridgehead atoms. The van der Waals surface area contributed by atoms with Crippen LogP contribution in [0.15, 0.2) is 24.5 Å². The number of rotatable bonds is 3. The molecule has 134 valence electrons. The minimum atomic E-state index is 0. The van der Waals surface area contributed by atoms with Crippen molar-refractivity contribution in [3.63, 3.8) is 0 Å². The van der Waals surface area contributed by atoms with E-state index in [1.165, 1.54) is 0 Å². The van der Waals surface area contributed by atoms with Crippen LogP contribution in [0.1, 0.15) is 31.5 Å². The van der Waals surface area contributed by atoms with Crippen LogP contribution in [0.4, 0.5) is 0 Å². The summed E-state index contributed by atoms with van der Waals surface area (Å²) in [5.74, 6) is 1.61. The van der Waals surface area contributed by atoms with E-state index >= 15 is 0 Å². The van der Waals surface area contributed by atoms with Crippen LogP contribution in [0.5, 0.6) is 0 Å². The first-order valence-electron chi connectivity index (χ1n) is 8.54. The molecule has 1 amide bonds. The summed E-state index contributed by atoms with van der Waals surface area (Å²) >= 11 is 0. The number of nitrogens with one attached hydrogen (secondary N) is 2. The number of hydrogen-bond donors (Lipinski definition) is 2. The summed E-state index contributed by atoms with van der Waals surface area (Å²) in [4.78, 5) is 22.8.